The van der Waals surface area contributed by atoms with Crippen LogP contribution in [0.15, 0.2) is 0 Å². The summed E-state index contributed by atoms with van der Waals surface area (Å²) in [5, 5.41) is 97.6. The van der Waals surface area contributed by atoms with Crippen LogP contribution < -0.4 is 36.5 Å². The quantitative estimate of drug-likeness (QED) is 0.0136. The van der Waals surface area contributed by atoms with Gasteiger partial charge in [0.2, 0.25) is 20.8 Å². The maximum atomic E-state index is 13.4. The molecule has 546 valence electrons. The molecule has 5 aliphatic rings. The van der Waals surface area contributed by atoms with Crippen LogP contribution in [0.3, 0.4) is 0 Å². The van der Waals surface area contributed by atoms with Crippen LogP contribution in [-0.4, -0.2) is 255 Å². The third kappa shape index (κ3) is 23.5. The Balaban J connectivity index is 1.57. The number of methoxy groups -OCH3 is 7. The molecule has 5 heterocycles. The summed E-state index contributed by atoms with van der Waals surface area (Å²) in [4.78, 5) is 26.5. The van der Waals surface area contributed by atoms with Crippen LogP contribution in [0, 0.1) is 5.92 Å². The van der Waals surface area contributed by atoms with E-state index in [2.05, 4.69) is 55.2 Å². The highest BCUT2D eigenvalue weighted by molar-refractivity contribution is 7.90. The zero-order valence-corrected chi connectivity index (χ0v) is 53.7. The fourth-order valence-electron chi connectivity index (χ4n) is 9.90. The normalized spacial score (nSPS) is 37.0. The SMILES string of the molecule is COC1C(OC)[C@H](O[C@H]2O[C@H](COS(=O)(=O)[O-])[C@@H](O[C@@H]3OC(C(=O)[O-])[C@H](O[C@@H]4OC(COS(=O)(=O)[O-])[C@H](C)[C@H](OC)C4OC)[C@H](OC)C3OC)C(OSOO[O-])C2OSOO[O-])[C@H](C(=O)[O-])O[C@@H]1O[C@H]1C(COSOO[O-])O[C@@H](OC)C(OSOO[O-])[C@H]1OSOO[O-]. The zero-order valence-electron chi connectivity index (χ0n) is 48.0. The molecule has 0 aromatic rings. The first-order valence-corrected chi connectivity index (χ1v) is 31.1. The Hall–Kier alpha value is -1.01. The summed E-state index contributed by atoms with van der Waals surface area (Å²) >= 11 is -1.08. The van der Waals surface area contributed by atoms with Crippen LogP contribution >= 0.6 is 61.6 Å². The lowest BCUT2D eigenvalue weighted by Crippen LogP contribution is -2.70. The van der Waals surface area contributed by atoms with E-state index in [1.54, 1.807) is 0 Å². The van der Waals surface area contributed by atoms with Gasteiger partial charge in [-0.2, -0.15) is 0 Å². The van der Waals surface area contributed by atoms with Gasteiger partial charge in [0.05, 0.1) is 44.0 Å². The van der Waals surface area contributed by atoms with Crippen molar-refractivity contribution in [1.29, 1.82) is 0 Å². The van der Waals surface area contributed by atoms with Crippen LogP contribution in [0.5, 0.6) is 0 Å². The summed E-state index contributed by atoms with van der Waals surface area (Å²) in [6.07, 6.45) is -46.2. The van der Waals surface area contributed by atoms with Crippen molar-refractivity contribution in [2.45, 2.75) is 154 Å². The summed E-state index contributed by atoms with van der Waals surface area (Å²) < 4.78 is 222. The molecule has 0 aromatic carbocycles. The van der Waals surface area contributed by atoms with Crippen molar-refractivity contribution >= 4 is 94.4 Å². The average Bonchev–Trinajstić information content (AvgIpc) is 0.771. The summed E-state index contributed by atoms with van der Waals surface area (Å²) in [5.74, 6) is -5.10. The van der Waals surface area contributed by atoms with Crippen LogP contribution in [0.25, 0.3) is 0 Å². The predicted molar refractivity (Wildman–Crippen MR) is 259 cm³/mol. The molecule has 5 saturated heterocycles. The lowest BCUT2D eigenvalue weighted by molar-refractivity contribution is -0.778. The van der Waals surface area contributed by atoms with Crippen LogP contribution in [0.4, 0.5) is 0 Å². The highest BCUT2D eigenvalue weighted by atomic mass is 32.3. The smallest absolute Gasteiger partial charge is 0.217 e. The number of rotatable bonds is 44. The number of ether oxygens (including phenoxy) is 16. The second-order valence-electron chi connectivity index (χ2n) is 18.3. The van der Waals surface area contributed by atoms with Gasteiger partial charge < -0.3 is 131 Å². The molecule has 5 rings (SSSR count). The molecule has 5 fully saturated rings. The number of hydrogen-bond donors (Lipinski definition) is 0. The highest BCUT2D eigenvalue weighted by Gasteiger charge is 2.60. The standard InChI is InChI=1S/C38H64O48S7/c1-12-13(10-62-92(48,49)50)64-35(27(57-5)16(12)54-2)69-21-19(55-3)28(58-6)37(71-25(21)32(39)40)68-18-15(11-63-93(51,52)53)66-38(31(76-91-86-81-47)24(18)74-89-84-79-45)70-22-20(56-4)29(59-7)36(72-26(22)33(41)42)67-17-14(9-61-87-82-77-43)65-34(60-8)30(75-90-85-80-46)23(17)73-88-83-78-44/h12-31,34-38,43-47H,9-11H2,1-8H3,(H,39,40)(H,41,42)(H,48,49,50)(H,51,52,53)/p-9/t12-,13?,14?,15+,16-,17-,18+,19-,20?,21+,22-,23-,24?,25?,26+,27?,28?,29?,30?,31?,34+,35-,36-,37+,38+/m0/s1. The van der Waals surface area contributed by atoms with Crippen molar-refractivity contribution in [3.05, 3.63) is 0 Å². The van der Waals surface area contributed by atoms with Crippen LogP contribution in [0.2, 0.25) is 0 Å². The highest BCUT2D eigenvalue weighted by Crippen LogP contribution is 2.42. The van der Waals surface area contributed by atoms with Crippen molar-refractivity contribution in [3.8, 4) is 0 Å². The van der Waals surface area contributed by atoms with Gasteiger partial charge in [-0.3, -0.25) is 54.5 Å². The van der Waals surface area contributed by atoms with E-state index in [4.69, 9.17) is 96.7 Å². The van der Waals surface area contributed by atoms with Gasteiger partial charge in [0.25, 0.3) is 0 Å². The largest absolute Gasteiger partial charge is 0.726 e. The monoisotopic (exact) mass is 1500 g/mol. The molecule has 0 aromatic heterocycles. The van der Waals surface area contributed by atoms with Crippen LogP contribution in [-0.2, 0) is 182 Å². The Labute approximate surface area is 546 Å². The second kappa shape index (κ2) is 41.7. The van der Waals surface area contributed by atoms with E-state index in [0.29, 0.717) is 0 Å². The van der Waals surface area contributed by atoms with E-state index in [9.17, 15) is 72.0 Å². The molecule has 93 heavy (non-hydrogen) atoms. The van der Waals surface area contributed by atoms with Gasteiger partial charge in [0.1, 0.15) is 91.6 Å². The molecule has 0 saturated carbocycles. The zero-order chi connectivity index (χ0) is 68.6. The minimum Gasteiger partial charge on any atom is -0.726 e. The minimum atomic E-state index is -5.80. The summed E-state index contributed by atoms with van der Waals surface area (Å²) in [5.41, 5.74) is 0. The van der Waals surface area contributed by atoms with Gasteiger partial charge in [0.15, 0.2) is 105 Å². The van der Waals surface area contributed by atoms with E-state index in [1.165, 1.54) is 21.1 Å². The van der Waals surface area contributed by atoms with Gasteiger partial charge >= 0.3 is 0 Å². The Kier molecular flexibility index (Phi) is 37.0. The number of carbonyl (C=O) groups excluding carboxylic acids is 2. The maximum absolute atomic E-state index is 13.4. The topological polar surface area (TPSA) is 615 Å². The molecule has 10 unspecified atom stereocenters. The number of hydrogen-bond acceptors (Lipinski definition) is 53. The van der Waals surface area contributed by atoms with E-state index in [-0.39, 0.29) is 61.6 Å². The van der Waals surface area contributed by atoms with E-state index >= 15 is 0 Å². The van der Waals surface area contributed by atoms with E-state index in [1.807, 2.05) is 0 Å². The molecule has 0 aliphatic carbocycles. The van der Waals surface area contributed by atoms with E-state index in [0.717, 1.165) is 35.5 Å². The summed E-state index contributed by atoms with van der Waals surface area (Å²) in [6, 6.07) is 0. The van der Waals surface area contributed by atoms with E-state index < -0.39 is 206 Å². The molecule has 0 spiro atoms. The van der Waals surface area contributed by atoms with Crippen molar-refractivity contribution in [2.24, 2.45) is 5.92 Å². The molecule has 25 atom stereocenters. The Bertz CT molecular complexity index is 2370. The molecule has 48 nitrogen and oxygen atoms in total. The lowest BCUT2D eigenvalue weighted by Gasteiger charge is -2.52. The average molecular weight is 1500 g/mol. The fraction of sp³-hybridized carbons (Fsp3) is 0.947. The number of carbonyl (C=O) groups is 2. The Morgan fingerprint density at radius 3 is 1.05 bits per heavy atom. The van der Waals surface area contributed by atoms with Gasteiger partial charge in [-0.1, -0.05) is 6.92 Å². The molecule has 0 N–H and O–H groups in total. The Morgan fingerprint density at radius 2 is 0.677 bits per heavy atom. The number of aliphatic carboxylic acids is 2. The molecule has 0 amide bonds. The van der Waals surface area contributed by atoms with Crippen molar-refractivity contribution in [2.75, 3.05) is 69.6 Å². The third-order valence-corrected chi connectivity index (χ3v) is 16.4. The number of carboxylic acids is 2. The van der Waals surface area contributed by atoms with Gasteiger partial charge in [-0.25, -0.2) is 16.8 Å². The predicted octanol–water partition coefficient (Wildman–Crippen LogP) is -10.5. The molecule has 0 radical (unpaired) electrons. The Morgan fingerprint density at radius 1 is 0.366 bits per heavy atom. The molecular formula is C38H55O48S7-9. The second-order valence-corrected chi connectivity index (χ2v) is 22.7. The summed E-state index contributed by atoms with van der Waals surface area (Å²) in [6.45, 7) is -1.63. The fourth-order valence-corrected chi connectivity index (χ4v) is 12.2. The molecule has 0 bridgehead atoms. The molecular weight excluding hydrogens is 1450 g/mol. The van der Waals surface area contributed by atoms with Crippen molar-refractivity contribution in [3.63, 3.8) is 0 Å². The minimum absolute atomic E-state index is 0.0475. The van der Waals surface area contributed by atoms with Crippen LogP contribution in [0.1, 0.15) is 6.92 Å². The van der Waals surface area contributed by atoms with Gasteiger partial charge in [-0.05, 0) is 0 Å². The first-order chi connectivity index (χ1) is 44.5. The lowest BCUT2D eigenvalue weighted by atomic mass is 9.90. The molecule has 5 aliphatic heterocycles. The maximum Gasteiger partial charge on any atom is 0.217 e. The van der Waals surface area contributed by atoms with Gasteiger partial charge in [-0.15, -0.1) is 21.7 Å². The van der Waals surface area contributed by atoms with Gasteiger partial charge in [0, 0.05) is 55.7 Å². The van der Waals surface area contributed by atoms with Crippen molar-refractivity contribution in [1.82, 2.24) is 0 Å². The van der Waals surface area contributed by atoms with Crippen molar-refractivity contribution < 1.29 is 224 Å². The number of carboxylic acid groups (broad SMARTS) is 2. The molecule has 55 heteroatoms. The first-order valence-electron chi connectivity index (χ1n) is 25.1. The summed E-state index contributed by atoms with van der Waals surface area (Å²) in [7, 11) is -3.71. The first kappa shape index (κ1) is 82.7. The third-order valence-electron chi connectivity index (χ3n) is 13.6.